The van der Waals surface area contributed by atoms with Crippen LogP contribution in [0.5, 0.6) is 0 Å². The van der Waals surface area contributed by atoms with E-state index in [2.05, 4.69) is 63.3 Å². The molecule has 1 atom stereocenters. The lowest BCUT2D eigenvalue weighted by Crippen LogP contribution is -2.30. The first-order chi connectivity index (χ1) is 35.0. The molecule has 0 aromatic carbocycles. The van der Waals surface area contributed by atoms with Crippen LogP contribution in [0.15, 0.2) is 48.6 Å². The molecule has 1 unspecified atom stereocenters. The molecule has 71 heavy (non-hydrogen) atoms. The van der Waals surface area contributed by atoms with E-state index >= 15 is 0 Å². The van der Waals surface area contributed by atoms with Crippen molar-refractivity contribution in [2.75, 3.05) is 13.2 Å². The van der Waals surface area contributed by atoms with E-state index in [9.17, 15) is 14.4 Å². The second kappa shape index (κ2) is 59.9. The monoisotopic (exact) mass is 995 g/mol. The number of esters is 3. The Bertz CT molecular complexity index is 1230. The predicted molar refractivity (Wildman–Crippen MR) is 307 cm³/mol. The summed E-state index contributed by atoms with van der Waals surface area (Å²) >= 11 is 0. The summed E-state index contributed by atoms with van der Waals surface area (Å²) in [6.07, 6.45) is 74.2. The number of hydrogen-bond donors (Lipinski definition) is 0. The quantitative estimate of drug-likeness (QED) is 0.0261. The van der Waals surface area contributed by atoms with Crippen molar-refractivity contribution < 1.29 is 28.6 Å². The molecule has 0 saturated carbocycles. The van der Waals surface area contributed by atoms with Gasteiger partial charge in [0.2, 0.25) is 0 Å². The van der Waals surface area contributed by atoms with E-state index in [-0.39, 0.29) is 37.5 Å². The summed E-state index contributed by atoms with van der Waals surface area (Å²) in [5, 5.41) is 0. The number of allylic oxidation sites excluding steroid dienone is 8. The smallest absolute Gasteiger partial charge is 0.306 e. The van der Waals surface area contributed by atoms with Crippen molar-refractivity contribution in [1.82, 2.24) is 0 Å². The van der Waals surface area contributed by atoms with Gasteiger partial charge in [-0.3, -0.25) is 14.4 Å². The SMILES string of the molecule is CC/C=C\C/C=C\C/C=C\C/C=C\CCC(=O)OCC(COC(=O)CCCCCCCCCCCCCCCCCCCCCCC)OC(=O)CCCCCCCCCCCCCCCCCCCCC. The molecule has 0 aromatic heterocycles. The highest BCUT2D eigenvalue weighted by atomic mass is 16.6. The lowest BCUT2D eigenvalue weighted by atomic mass is 10.0. The van der Waals surface area contributed by atoms with Crippen molar-refractivity contribution >= 4 is 17.9 Å². The van der Waals surface area contributed by atoms with Crippen LogP contribution in [0.25, 0.3) is 0 Å². The second-order valence-corrected chi connectivity index (χ2v) is 21.0. The molecule has 0 amide bonds. The van der Waals surface area contributed by atoms with Crippen molar-refractivity contribution in [2.45, 2.75) is 335 Å². The minimum absolute atomic E-state index is 0.0901. The first-order valence-electron chi connectivity index (χ1n) is 31.1. The van der Waals surface area contributed by atoms with Crippen LogP contribution in [-0.2, 0) is 28.6 Å². The number of carbonyl (C=O) groups is 3. The fourth-order valence-corrected chi connectivity index (χ4v) is 9.22. The number of carbonyl (C=O) groups excluding carboxylic acids is 3. The van der Waals surface area contributed by atoms with Gasteiger partial charge in [-0.05, 0) is 44.9 Å². The third kappa shape index (κ3) is 58.1. The fourth-order valence-electron chi connectivity index (χ4n) is 9.22. The average molecular weight is 996 g/mol. The van der Waals surface area contributed by atoms with Gasteiger partial charge in [0, 0.05) is 19.3 Å². The summed E-state index contributed by atoms with van der Waals surface area (Å²) in [4.78, 5) is 38.2. The van der Waals surface area contributed by atoms with Crippen LogP contribution >= 0.6 is 0 Å². The zero-order valence-corrected chi connectivity index (χ0v) is 47.5. The van der Waals surface area contributed by atoms with Crippen molar-refractivity contribution in [3.63, 3.8) is 0 Å². The summed E-state index contributed by atoms with van der Waals surface area (Å²) in [6.45, 7) is 6.52. The normalized spacial score (nSPS) is 12.3. The van der Waals surface area contributed by atoms with Crippen LogP contribution in [0.1, 0.15) is 329 Å². The average Bonchev–Trinajstić information content (AvgIpc) is 3.37. The third-order valence-corrected chi connectivity index (χ3v) is 13.9. The van der Waals surface area contributed by atoms with Gasteiger partial charge in [-0.1, -0.05) is 313 Å². The summed E-state index contributed by atoms with van der Waals surface area (Å²) in [7, 11) is 0. The Morgan fingerprint density at radius 3 is 0.859 bits per heavy atom. The summed E-state index contributed by atoms with van der Waals surface area (Å²) in [5.41, 5.74) is 0. The maximum atomic E-state index is 12.9. The van der Waals surface area contributed by atoms with E-state index < -0.39 is 6.10 Å². The molecule has 0 fully saturated rings. The maximum Gasteiger partial charge on any atom is 0.306 e. The molecule has 6 heteroatoms. The van der Waals surface area contributed by atoms with Crippen LogP contribution in [0, 0.1) is 0 Å². The highest BCUT2D eigenvalue weighted by molar-refractivity contribution is 5.71. The molecular weight excluding hydrogens is 877 g/mol. The van der Waals surface area contributed by atoms with E-state index in [0.717, 1.165) is 64.2 Å². The number of unbranched alkanes of at least 4 members (excludes halogenated alkanes) is 38. The highest BCUT2D eigenvalue weighted by Crippen LogP contribution is 2.18. The van der Waals surface area contributed by atoms with Crippen molar-refractivity contribution in [1.29, 1.82) is 0 Å². The molecule has 0 heterocycles. The Balaban J connectivity index is 4.32. The number of hydrogen-bond acceptors (Lipinski definition) is 6. The molecule has 0 aromatic rings. The first kappa shape index (κ1) is 68.4. The molecule has 0 N–H and O–H groups in total. The Kier molecular flexibility index (Phi) is 57.7. The van der Waals surface area contributed by atoms with Crippen molar-refractivity contribution in [3.05, 3.63) is 48.6 Å². The van der Waals surface area contributed by atoms with Gasteiger partial charge in [-0.25, -0.2) is 0 Å². The van der Waals surface area contributed by atoms with Crippen molar-refractivity contribution in [2.24, 2.45) is 0 Å². The predicted octanol–water partition coefficient (Wildman–Crippen LogP) is 21.0. The molecule has 0 aliphatic rings. The van der Waals surface area contributed by atoms with Crippen LogP contribution in [0.3, 0.4) is 0 Å². The molecular formula is C65H118O6. The van der Waals surface area contributed by atoms with Gasteiger partial charge >= 0.3 is 17.9 Å². The van der Waals surface area contributed by atoms with E-state index in [0.29, 0.717) is 19.3 Å². The first-order valence-corrected chi connectivity index (χ1v) is 31.1. The second-order valence-electron chi connectivity index (χ2n) is 21.0. The van der Waals surface area contributed by atoms with Gasteiger partial charge in [-0.2, -0.15) is 0 Å². The number of ether oxygens (including phenoxy) is 3. The van der Waals surface area contributed by atoms with Crippen LogP contribution in [0.4, 0.5) is 0 Å². The molecule has 0 rings (SSSR count). The molecule has 0 spiro atoms. The van der Waals surface area contributed by atoms with E-state index in [4.69, 9.17) is 14.2 Å². The number of rotatable bonds is 57. The van der Waals surface area contributed by atoms with Gasteiger partial charge in [-0.15, -0.1) is 0 Å². The minimum Gasteiger partial charge on any atom is -0.462 e. The fraction of sp³-hybridized carbons (Fsp3) is 0.831. The molecule has 0 bridgehead atoms. The summed E-state index contributed by atoms with van der Waals surface area (Å²) in [6, 6.07) is 0. The zero-order valence-electron chi connectivity index (χ0n) is 47.5. The molecule has 0 saturated heterocycles. The van der Waals surface area contributed by atoms with E-state index in [1.807, 2.05) is 6.08 Å². The molecule has 414 valence electrons. The van der Waals surface area contributed by atoms with Gasteiger partial charge in [0.15, 0.2) is 6.10 Å². The van der Waals surface area contributed by atoms with Gasteiger partial charge < -0.3 is 14.2 Å². The van der Waals surface area contributed by atoms with E-state index in [1.54, 1.807) is 0 Å². The zero-order chi connectivity index (χ0) is 51.4. The molecule has 6 nitrogen and oxygen atoms in total. The minimum atomic E-state index is -0.798. The summed E-state index contributed by atoms with van der Waals surface area (Å²) < 4.78 is 16.8. The van der Waals surface area contributed by atoms with Crippen LogP contribution < -0.4 is 0 Å². The summed E-state index contributed by atoms with van der Waals surface area (Å²) in [5.74, 6) is -0.954. The largest absolute Gasteiger partial charge is 0.462 e. The molecule has 0 radical (unpaired) electrons. The van der Waals surface area contributed by atoms with Gasteiger partial charge in [0.05, 0.1) is 0 Å². The third-order valence-electron chi connectivity index (χ3n) is 13.9. The lowest BCUT2D eigenvalue weighted by molar-refractivity contribution is -0.166. The van der Waals surface area contributed by atoms with Gasteiger partial charge in [0.1, 0.15) is 13.2 Å². The lowest BCUT2D eigenvalue weighted by Gasteiger charge is -2.18. The maximum absolute atomic E-state index is 12.9. The van der Waals surface area contributed by atoms with Crippen LogP contribution in [0.2, 0.25) is 0 Å². The van der Waals surface area contributed by atoms with Crippen LogP contribution in [-0.4, -0.2) is 37.2 Å². The van der Waals surface area contributed by atoms with Gasteiger partial charge in [0.25, 0.3) is 0 Å². The topological polar surface area (TPSA) is 78.9 Å². The Labute approximate surface area is 441 Å². The molecule has 0 aliphatic carbocycles. The van der Waals surface area contributed by atoms with E-state index in [1.165, 1.54) is 218 Å². The Morgan fingerprint density at radius 1 is 0.296 bits per heavy atom. The molecule has 0 aliphatic heterocycles. The standard InChI is InChI=1S/C65H118O6/c1-4-7-10-13-16-19-22-25-27-29-31-32-34-35-37-40-43-46-49-52-55-58-64(67)70-61-62(60-69-63(66)57-54-51-48-45-42-39-24-21-18-15-12-9-6-3)71-65(68)59-56-53-50-47-44-41-38-36-33-30-28-26-23-20-17-14-11-8-5-2/h9,12,18,21,39,42,48,51,62H,4-8,10-11,13-17,19-20,22-38,40-41,43-47,49-50,52-61H2,1-3H3/b12-9-,21-18-,42-39-,51-48-. The Morgan fingerprint density at radius 2 is 0.549 bits per heavy atom. The highest BCUT2D eigenvalue weighted by Gasteiger charge is 2.19. The van der Waals surface area contributed by atoms with Crippen molar-refractivity contribution in [3.8, 4) is 0 Å². The Hall–Kier alpha value is -2.63.